The standard InChI is InChI=1S/C21H26N2O7/c1-27-19-12-15(21(26)28-2)5-6-17(19)30-14-16(24)13-22-7-9-23(10-8-22)20(25)18-4-3-11-29-18/h3-6,11-12,16,24H,7-10,13-14H2,1-2H3/t16-/m1/s1. The Labute approximate surface area is 174 Å². The van der Waals surface area contributed by atoms with E-state index in [4.69, 9.17) is 18.6 Å². The van der Waals surface area contributed by atoms with E-state index in [1.807, 2.05) is 0 Å². The maximum atomic E-state index is 12.3. The molecule has 1 aliphatic rings. The molecule has 3 rings (SSSR count). The lowest BCUT2D eigenvalue weighted by Crippen LogP contribution is -2.50. The Morgan fingerprint density at radius 2 is 1.90 bits per heavy atom. The van der Waals surface area contributed by atoms with Crippen molar-refractivity contribution in [3.05, 3.63) is 47.9 Å². The molecule has 1 fully saturated rings. The van der Waals surface area contributed by atoms with E-state index in [9.17, 15) is 14.7 Å². The first-order chi connectivity index (χ1) is 14.5. The number of hydrogen-bond acceptors (Lipinski definition) is 8. The fraction of sp³-hybridized carbons (Fsp3) is 0.429. The van der Waals surface area contributed by atoms with Crippen LogP contribution in [0.4, 0.5) is 0 Å². The number of aliphatic hydroxyl groups excluding tert-OH is 1. The van der Waals surface area contributed by atoms with Crippen LogP contribution in [0.5, 0.6) is 11.5 Å². The molecule has 2 heterocycles. The number of rotatable bonds is 8. The number of piperazine rings is 1. The van der Waals surface area contributed by atoms with Crippen LogP contribution in [0.1, 0.15) is 20.9 Å². The van der Waals surface area contributed by atoms with Crippen molar-refractivity contribution in [2.24, 2.45) is 0 Å². The van der Waals surface area contributed by atoms with Gasteiger partial charge < -0.3 is 28.6 Å². The van der Waals surface area contributed by atoms with Gasteiger partial charge in [0, 0.05) is 32.7 Å². The smallest absolute Gasteiger partial charge is 0.337 e. The summed E-state index contributed by atoms with van der Waals surface area (Å²) < 4.78 is 20.8. The molecule has 30 heavy (non-hydrogen) atoms. The van der Waals surface area contributed by atoms with Crippen LogP contribution < -0.4 is 9.47 Å². The van der Waals surface area contributed by atoms with Gasteiger partial charge in [-0.3, -0.25) is 9.69 Å². The molecule has 1 aromatic carbocycles. The molecule has 0 aliphatic carbocycles. The molecule has 0 saturated carbocycles. The Morgan fingerprint density at radius 3 is 2.53 bits per heavy atom. The maximum absolute atomic E-state index is 12.3. The molecule has 1 aliphatic heterocycles. The van der Waals surface area contributed by atoms with Gasteiger partial charge in [-0.25, -0.2) is 4.79 Å². The summed E-state index contributed by atoms with van der Waals surface area (Å²) in [6.07, 6.45) is 0.764. The highest BCUT2D eigenvalue weighted by Crippen LogP contribution is 2.28. The predicted molar refractivity (Wildman–Crippen MR) is 107 cm³/mol. The molecule has 9 nitrogen and oxygen atoms in total. The van der Waals surface area contributed by atoms with Crippen LogP contribution in [0.25, 0.3) is 0 Å². The van der Waals surface area contributed by atoms with E-state index >= 15 is 0 Å². The topological polar surface area (TPSA) is 102 Å². The van der Waals surface area contributed by atoms with Crippen molar-refractivity contribution in [1.29, 1.82) is 0 Å². The lowest BCUT2D eigenvalue weighted by Gasteiger charge is -2.35. The second-order valence-corrected chi connectivity index (χ2v) is 6.89. The minimum absolute atomic E-state index is 0.0689. The number of esters is 1. The molecule has 0 radical (unpaired) electrons. The van der Waals surface area contributed by atoms with Gasteiger partial charge >= 0.3 is 5.97 Å². The zero-order valence-corrected chi connectivity index (χ0v) is 17.1. The number of nitrogens with zero attached hydrogens (tertiary/aromatic N) is 2. The largest absolute Gasteiger partial charge is 0.493 e. The number of hydrogen-bond donors (Lipinski definition) is 1. The molecule has 1 saturated heterocycles. The summed E-state index contributed by atoms with van der Waals surface area (Å²) in [7, 11) is 2.78. The van der Waals surface area contributed by atoms with Gasteiger partial charge in [0.2, 0.25) is 0 Å². The lowest BCUT2D eigenvalue weighted by molar-refractivity contribution is 0.0385. The highest BCUT2D eigenvalue weighted by molar-refractivity contribution is 5.91. The summed E-state index contributed by atoms with van der Waals surface area (Å²) in [5.74, 6) is 0.563. The van der Waals surface area contributed by atoms with E-state index in [1.54, 1.807) is 29.2 Å². The third-order valence-corrected chi connectivity index (χ3v) is 4.88. The number of furan rings is 1. The lowest BCUT2D eigenvalue weighted by atomic mass is 10.2. The number of β-amino-alcohol motifs (C(OH)–C–C–N with tert-alkyl or cyclic N) is 1. The van der Waals surface area contributed by atoms with Crippen LogP contribution in [0.2, 0.25) is 0 Å². The SMILES string of the molecule is COC(=O)c1ccc(OC[C@H](O)CN2CCN(C(=O)c3ccco3)CC2)c(OC)c1. The first-order valence-corrected chi connectivity index (χ1v) is 9.64. The summed E-state index contributed by atoms with van der Waals surface area (Å²) in [6, 6.07) is 8.06. The van der Waals surface area contributed by atoms with Gasteiger partial charge in [-0.1, -0.05) is 0 Å². The Balaban J connectivity index is 1.46. The van der Waals surface area contributed by atoms with Crippen molar-refractivity contribution < 1.29 is 33.3 Å². The van der Waals surface area contributed by atoms with Gasteiger partial charge in [0.15, 0.2) is 17.3 Å². The number of amides is 1. The number of carbonyl (C=O) groups excluding carboxylic acids is 2. The average Bonchev–Trinajstić information content (AvgIpc) is 3.32. The first-order valence-electron chi connectivity index (χ1n) is 9.64. The van der Waals surface area contributed by atoms with E-state index in [0.717, 1.165) is 0 Å². The van der Waals surface area contributed by atoms with E-state index < -0.39 is 12.1 Å². The fourth-order valence-corrected chi connectivity index (χ4v) is 3.26. The third-order valence-electron chi connectivity index (χ3n) is 4.88. The van der Waals surface area contributed by atoms with Gasteiger partial charge in [-0.15, -0.1) is 0 Å². The van der Waals surface area contributed by atoms with E-state index in [1.165, 1.54) is 26.5 Å². The van der Waals surface area contributed by atoms with E-state index in [-0.39, 0.29) is 12.5 Å². The highest BCUT2D eigenvalue weighted by atomic mass is 16.5. The molecule has 2 aromatic rings. The summed E-state index contributed by atoms with van der Waals surface area (Å²) in [5, 5.41) is 10.4. The summed E-state index contributed by atoms with van der Waals surface area (Å²) in [5.41, 5.74) is 0.351. The predicted octanol–water partition coefficient (Wildman–Crippen LogP) is 1.27. The Bertz CT molecular complexity index is 845. The summed E-state index contributed by atoms with van der Waals surface area (Å²) in [4.78, 5) is 27.7. The molecular formula is C21H26N2O7. The minimum Gasteiger partial charge on any atom is -0.493 e. The van der Waals surface area contributed by atoms with Crippen molar-refractivity contribution in [3.63, 3.8) is 0 Å². The molecule has 9 heteroatoms. The van der Waals surface area contributed by atoms with E-state index in [0.29, 0.717) is 55.5 Å². The van der Waals surface area contributed by atoms with Crippen LogP contribution in [0.3, 0.4) is 0 Å². The molecule has 1 aromatic heterocycles. The summed E-state index contributed by atoms with van der Waals surface area (Å²) in [6.45, 7) is 2.93. The minimum atomic E-state index is -0.720. The Morgan fingerprint density at radius 1 is 1.13 bits per heavy atom. The highest BCUT2D eigenvalue weighted by Gasteiger charge is 2.25. The van der Waals surface area contributed by atoms with Crippen molar-refractivity contribution in [1.82, 2.24) is 9.80 Å². The number of carbonyl (C=O) groups is 2. The molecular weight excluding hydrogens is 392 g/mol. The normalized spacial score (nSPS) is 15.5. The van der Waals surface area contributed by atoms with Crippen LogP contribution in [-0.4, -0.2) is 86.4 Å². The van der Waals surface area contributed by atoms with Crippen molar-refractivity contribution in [2.45, 2.75) is 6.10 Å². The van der Waals surface area contributed by atoms with Crippen molar-refractivity contribution >= 4 is 11.9 Å². The third kappa shape index (κ3) is 5.31. The average molecular weight is 418 g/mol. The van der Waals surface area contributed by atoms with Crippen molar-refractivity contribution in [2.75, 3.05) is 53.6 Å². The molecule has 0 bridgehead atoms. The zero-order chi connectivity index (χ0) is 21.5. The second-order valence-electron chi connectivity index (χ2n) is 6.89. The number of methoxy groups -OCH3 is 2. The van der Waals surface area contributed by atoms with E-state index in [2.05, 4.69) is 4.90 Å². The number of ether oxygens (including phenoxy) is 3. The van der Waals surface area contributed by atoms with Crippen molar-refractivity contribution in [3.8, 4) is 11.5 Å². The Hall–Kier alpha value is -3.04. The van der Waals surface area contributed by atoms with Gasteiger partial charge in [0.05, 0.1) is 26.0 Å². The maximum Gasteiger partial charge on any atom is 0.337 e. The molecule has 1 atom stereocenters. The second kappa shape index (κ2) is 10.1. The van der Waals surface area contributed by atoms with Crippen LogP contribution in [0.15, 0.2) is 41.0 Å². The molecule has 0 unspecified atom stereocenters. The quantitative estimate of drug-likeness (QED) is 0.640. The first kappa shape index (κ1) is 21.7. The molecule has 0 spiro atoms. The van der Waals surface area contributed by atoms with Gasteiger partial charge in [0.25, 0.3) is 5.91 Å². The van der Waals surface area contributed by atoms with Crippen LogP contribution in [0, 0.1) is 0 Å². The molecule has 1 N–H and O–H groups in total. The zero-order valence-electron chi connectivity index (χ0n) is 17.1. The Kier molecular flexibility index (Phi) is 7.31. The van der Waals surface area contributed by atoms with Gasteiger partial charge in [-0.2, -0.15) is 0 Å². The summed E-state index contributed by atoms with van der Waals surface area (Å²) >= 11 is 0. The van der Waals surface area contributed by atoms with Crippen LogP contribution >= 0.6 is 0 Å². The molecule has 162 valence electrons. The number of aliphatic hydroxyl groups is 1. The number of benzene rings is 1. The van der Waals surface area contributed by atoms with Gasteiger partial charge in [-0.05, 0) is 30.3 Å². The monoisotopic (exact) mass is 418 g/mol. The van der Waals surface area contributed by atoms with Gasteiger partial charge in [0.1, 0.15) is 12.7 Å². The fourth-order valence-electron chi connectivity index (χ4n) is 3.26. The molecule has 1 amide bonds. The van der Waals surface area contributed by atoms with Crippen LogP contribution in [-0.2, 0) is 4.74 Å².